The Labute approximate surface area is 126 Å². The van der Waals surface area contributed by atoms with Crippen LogP contribution in [0, 0.1) is 0 Å². The molecule has 106 valence electrons. The van der Waals surface area contributed by atoms with Gasteiger partial charge in [-0.25, -0.2) is 0 Å². The maximum absolute atomic E-state index is 8.65. The molecule has 0 saturated heterocycles. The molecule has 0 N–H and O–H groups in total. The van der Waals surface area contributed by atoms with Gasteiger partial charge in [-0.15, -0.1) is 0 Å². The van der Waals surface area contributed by atoms with Crippen molar-refractivity contribution in [3.8, 4) is 0 Å². The van der Waals surface area contributed by atoms with Gasteiger partial charge in [-0.2, -0.15) is 0 Å². The molecule has 17 heavy (non-hydrogen) atoms. The van der Waals surface area contributed by atoms with Crippen LogP contribution in [0.25, 0.3) is 0 Å². The van der Waals surface area contributed by atoms with Crippen molar-refractivity contribution in [2.24, 2.45) is 0 Å². The van der Waals surface area contributed by atoms with Gasteiger partial charge in [0, 0.05) is 0 Å². The summed E-state index contributed by atoms with van der Waals surface area (Å²) in [6.45, 7) is 0. The molecule has 0 heterocycles. The third-order valence-electron chi connectivity index (χ3n) is 0. The first-order valence-corrected chi connectivity index (χ1v) is 16.4. The molecule has 0 aliphatic rings. The Hall–Kier alpha value is 1.66. The van der Waals surface area contributed by atoms with Crippen molar-refractivity contribution in [1.82, 2.24) is 0 Å². The standard InChI is InChI=1S/2Fe.12O.3W/q2*+3;;;;;;;6*-1;;;. The van der Waals surface area contributed by atoms with Gasteiger partial charge in [-0.1, -0.05) is 0 Å². The van der Waals surface area contributed by atoms with Crippen molar-refractivity contribution in [3.63, 3.8) is 0 Å². The van der Waals surface area contributed by atoms with E-state index in [4.69, 9.17) is 42.9 Å². The second kappa shape index (κ2) is 12.7. The predicted octanol–water partition coefficient (Wildman–Crippen LogP) is -7.86. The average Bonchev–Trinajstić information content (AvgIpc) is 1.41. The molecular formula is Fe2O12W3. The van der Waals surface area contributed by atoms with Crippen LogP contribution in [0.2, 0.25) is 0 Å². The van der Waals surface area contributed by atoms with Crippen LogP contribution in [0.5, 0.6) is 0 Å². The summed E-state index contributed by atoms with van der Waals surface area (Å²) in [5.41, 5.74) is 0. The van der Waals surface area contributed by atoms with Gasteiger partial charge in [0.05, 0.1) is 0 Å². The zero-order chi connectivity index (χ0) is 13.5. The van der Waals surface area contributed by atoms with E-state index in [2.05, 4.69) is 0 Å². The summed E-state index contributed by atoms with van der Waals surface area (Å²) in [7, 11) is 0. The summed E-state index contributed by atoms with van der Waals surface area (Å²) in [6.07, 6.45) is 0. The van der Waals surface area contributed by atoms with Crippen LogP contribution < -0.4 is 22.6 Å². The molecule has 0 amide bonds. The number of rotatable bonds is 0. The average molecular weight is 855 g/mol. The fourth-order valence-corrected chi connectivity index (χ4v) is 0. The second-order valence-electron chi connectivity index (χ2n) is 1.22. The summed E-state index contributed by atoms with van der Waals surface area (Å²) in [6, 6.07) is 0. The molecule has 2 radical (unpaired) electrons. The van der Waals surface area contributed by atoms with Gasteiger partial charge >= 0.3 is 127 Å². The SMILES string of the molecule is [Fe+3].[Fe+3].[O]=[W](=[O])([O-])[O-].[O]=[W](=[O])([O-])[O-].[O]=[W](=[O])([O-])[O-]. The van der Waals surface area contributed by atoms with Crippen LogP contribution in [0.3, 0.4) is 0 Å². The summed E-state index contributed by atoms with van der Waals surface area (Å²) in [5.74, 6) is 0. The molecule has 0 saturated carbocycles. The molecule has 0 aromatic rings. The van der Waals surface area contributed by atoms with Gasteiger partial charge < -0.3 is 0 Å². The van der Waals surface area contributed by atoms with E-state index in [0.717, 1.165) is 0 Å². The van der Waals surface area contributed by atoms with E-state index in [1.807, 2.05) is 0 Å². The molecule has 0 aliphatic heterocycles. The van der Waals surface area contributed by atoms with E-state index in [-0.39, 0.29) is 34.1 Å². The van der Waals surface area contributed by atoms with Gasteiger partial charge in [-0.05, 0) is 0 Å². The van der Waals surface area contributed by atoms with E-state index < -0.39 is 50.2 Å². The zero-order valence-electron chi connectivity index (χ0n) is 6.83. The first-order valence-electron chi connectivity index (χ1n) is 2.00. The van der Waals surface area contributed by atoms with E-state index in [0.29, 0.717) is 0 Å². The Kier molecular flexibility index (Phi) is 23.3. The first-order chi connectivity index (χ1) is 6.00. The van der Waals surface area contributed by atoms with Crippen LogP contribution in [0.15, 0.2) is 0 Å². The molecule has 0 unspecified atom stereocenters. The minimum absolute atomic E-state index is 0. The Morgan fingerprint density at radius 1 is 0.412 bits per heavy atom. The van der Waals surface area contributed by atoms with Gasteiger partial charge in [0.15, 0.2) is 0 Å². The molecule has 0 aromatic carbocycles. The molecule has 0 spiro atoms. The first kappa shape index (κ1) is 31.2. The monoisotopic (exact) mass is 856 g/mol. The van der Waals surface area contributed by atoms with Crippen LogP contribution in [-0.4, -0.2) is 0 Å². The summed E-state index contributed by atoms with van der Waals surface area (Å²) in [4.78, 5) is 0. The predicted molar refractivity (Wildman–Crippen MR) is 4.12 cm³/mol. The van der Waals surface area contributed by atoms with Crippen molar-refractivity contribution in [2.75, 3.05) is 0 Å². The van der Waals surface area contributed by atoms with Crippen LogP contribution in [-0.2, 0) is 105 Å². The molecule has 0 aliphatic carbocycles. The Morgan fingerprint density at radius 3 is 0.412 bits per heavy atom. The van der Waals surface area contributed by atoms with Crippen LogP contribution in [0.1, 0.15) is 0 Å². The topological polar surface area (TPSA) is 241 Å². The van der Waals surface area contributed by atoms with Gasteiger partial charge in [0.25, 0.3) is 0 Å². The van der Waals surface area contributed by atoms with Gasteiger partial charge in [0.1, 0.15) is 0 Å². The van der Waals surface area contributed by atoms with Crippen molar-refractivity contribution in [3.05, 3.63) is 0 Å². The van der Waals surface area contributed by atoms with E-state index in [1.54, 1.807) is 0 Å². The summed E-state index contributed by atoms with van der Waals surface area (Å²) >= 11 is -18.5. The van der Waals surface area contributed by atoms with Crippen LogP contribution >= 0.6 is 0 Å². The second-order valence-corrected chi connectivity index (χ2v) is 10.0. The molecule has 0 bridgehead atoms. The third-order valence-corrected chi connectivity index (χ3v) is 0. The number of hydrogen-bond donors (Lipinski definition) is 0. The molecule has 0 atom stereocenters. The van der Waals surface area contributed by atoms with Crippen molar-refractivity contribution >= 4 is 0 Å². The molecule has 12 nitrogen and oxygen atoms in total. The van der Waals surface area contributed by atoms with Gasteiger partial charge in [0.2, 0.25) is 0 Å². The van der Waals surface area contributed by atoms with Crippen molar-refractivity contribution in [2.45, 2.75) is 0 Å². The molecule has 0 rings (SSSR count). The van der Waals surface area contributed by atoms with E-state index in [9.17, 15) is 0 Å². The third kappa shape index (κ3) is 1570. The molecular weight excluding hydrogens is 855 g/mol. The Balaban J connectivity index is -0.0000000400. The molecule has 17 heteroatoms. The van der Waals surface area contributed by atoms with E-state index in [1.165, 1.54) is 0 Å². The Morgan fingerprint density at radius 2 is 0.412 bits per heavy atom. The Bertz CT molecular complexity index is 341. The summed E-state index contributed by atoms with van der Waals surface area (Å²) in [5, 5.41) is 0. The fraction of sp³-hybridized carbons (Fsp3) is 0. The molecule has 0 fully saturated rings. The fourth-order valence-electron chi connectivity index (χ4n) is 0. The summed E-state index contributed by atoms with van der Waals surface area (Å²) < 4.78 is 104. The van der Waals surface area contributed by atoms with E-state index >= 15 is 0 Å². The van der Waals surface area contributed by atoms with Crippen molar-refractivity contribution in [1.29, 1.82) is 0 Å². The molecule has 0 aromatic heterocycles. The minimum atomic E-state index is -6.17. The van der Waals surface area contributed by atoms with Crippen molar-refractivity contribution < 1.29 is 127 Å². The quantitative estimate of drug-likeness (QED) is 0.207. The normalized spacial score (nSPS) is 10.2. The maximum atomic E-state index is 8.65. The van der Waals surface area contributed by atoms with Gasteiger partial charge in [-0.3, -0.25) is 0 Å². The van der Waals surface area contributed by atoms with Crippen LogP contribution in [0.4, 0.5) is 0 Å². The number of hydrogen-bond acceptors (Lipinski definition) is 12. The zero-order valence-corrected chi connectivity index (χ0v) is 17.8.